The summed E-state index contributed by atoms with van der Waals surface area (Å²) in [6, 6.07) is -0.866. The van der Waals surface area contributed by atoms with Crippen LogP contribution in [0.2, 0.25) is 0 Å². The van der Waals surface area contributed by atoms with Gasteiger partial charge in [-0.3, -0.25) is 10.1 Å². The van der Waals surface area contributed by atoms with Gasteiger partial charge in [-0.15, -0.1) is 0 Å². The molecule has 1 amide bonds. The van der Waals surface area contributed by atoms with Crippen molar-refractivity contribution in [1.82, 2.24) is 5.32 Å². The Balaban J connectivity index is 2.72. The van der Waals surface area contributed by atoms with Gasteiger partial charge < -0.3 is 30.9 Å². The van der Waals surface area contributed by atoms with E-state index in [0.29, 0.717) is 0 Å². The Labute approximate surface area is 109 Å². The topological polar surface area (TPSA) is 145 Å². The molecule has 0 saturated carbocycles. The van der Waals surface area contributed by atoms with Crippen molar-refractivity contribution in [2.75, 3.05) is 12.4 Å². The fourth-order valence-electron chi connectivity index (χ4n) is 1.66. The quantitative estimate of drug-likeness (QED) is 0.256. The van der Waals surface area contributed by atoms with Gasteiger partial charge in [-0.1, -0.05) is 0 Å². The largest absolute Gasteiger partial charge is 0.394 e. The number of amides is 1. The molecule has 1 saturated heterocycles. The highest BCUT2D eigenvalue weighted by Crippen LogP contribution is 2.20. The van der Waals surface area contributed by atoms with E-state index in [0.717, 1.165) is 0 Å². The maximum absolute atomic E-state index is 11.0. The van der Waals surface area contributed by atoms with Gasteiger partial charge in [-0.05, 0) is 0 Å². The highest BCUT2D eigenvalue weighted by molar-refractivity contribution is 7.80. The Hall–Kier alpha value is -0.420. The zero-order valence-corrected chi connectivity index (χ0v) is 10.4. The standard InChI is InChI=1S/C9H18N2O6S/c10-8(16)3(2-18)11-9-7(15)6(14)5(13)4(1-12)17-9/h3-7,9,11-15,18H,1-2H2,(H2,10,16)/t3-,4+,5-,6-,7+,9?/m0/s1. The van der Waals surface area contributed by atoms with Gasteiger partial charge in [-0.25, -0.2) is 0 Å². The first-order valence-electron chi connectivity index (χ1n) is 5.39. The molecule has 0 radical (unpaired) electrons. The number of nitrogens with two attached hydrogens (primary N) is 1. The van der Waals surface area contributed by atoms with Gasteiger partial charge in [0, 0.05) is 5.75 Å². The maximum Gasteiger partial charge on any atom is 0.235 e. The van der Waals surface area contributed by atoms with E-state index in [-0.39, 0.29) is 5.75 Å². The Kier molecular flexibility index (Phi) is 5.79. The van der Waals surface area contributed by atoms with Crippen molar-refractivity contribution >= 4 is 18.5 Å². The Morgan fingerprint density at radius 1 is 1.33 bits per heavy atom. The summed E-state index contributed by atoms with van der Waals surface area (Å²) in [5.74, 6) is -0.619. The fourth-order valence-corrected chi connectivity index (χ4v) is 1.95. The predicted octanol–water partition coefficient (Wildman–Crippen LogP) is -3.84. The second-order valence-corrected chi connectivity index (χ2v) is 4.42. The SMILES string of the molecule is NC(=O)[C@H](CS)NC1O[C@H](CO)[C@H](O)[C@H](O)[C@H]1O. The molecule has 8 nitrogen and oxygen atoms in total. The molecule has 6 atom stereocenters. The average molecular weight is 282 g/mol. The second kappa shape index (κ2) is 6.66. The van der Waals surface area contributed by atoms with Crippen LogP contribution < -0.4 is 11.1 Å². The van der Waals surface area contributed by atoms with Crippen LogP contribution in [0.25, 0.3) is 0 Å². The van der Waals surface area contributed by atoms with Crippen molar-refractivity contribution in [2.45, 2.75) is 36.7 Å². The van der Waals surface area contributed by atoms with Gasteiger partial charge in [0.15, 0.2) is 0 Å². The number of hydrogen-bond acceptors (Lipinski definition) is 8. The number of primary amides is 1. The molecule has 106 valence electrons. The first-order chi connectivity index (χ1) is 8.42. The van der Waals surface area contributed by atoms with Crippen molar-refractivity contribution in [1.29, 1.82) is 0 Å². The van der Waals surface area contributed by atoms with E-state index in [1.165, 1.54) is 0 Å². The molecule has 1 rings (SSSR count). The van der Waals surface area contributed by atoms with Gasteiger partial charge in [-0.2, -0.15) is 12.6 Å². The van der Waals surface area contributed by atoms with Crippen LogP contribution in [0.3, 0.4) is 0 Å². The molecule has 9 heteroatoms. The van der Waals surface area contributed by atoms with Gasteiger partial charge in [0.1, 0.15) is 30.6 Å². The van der Waals surface area contributed by atoms with Gasteiger partial charge >= 0.3 is 0 Å². The summed E-state index contributed by atoms with van der Waals surface area (Å²) in [7, 11) is 0. The minimum absolute atomic E-state index is 0.0738. The molecule has 0 aromatic heterocycles. The molecule has 0 aromatic carbocycles. The summed E-state index contributed by atoms with van der Waals surface area (Å²) < 4.78 is 5.15. The van der Waals surface area contributed by atoms with E-state index in [9.17, 15) is 20.1 Å². The smallest absolute Gasteiger partial charge is 0.235 e. The molecule has 1 aliphatic rings. The van der Waals surface area contributed by atoms with Crippen molar-refractivity contribution in [3.8, 4) is 0 Å². The summed E-state index contributed by atoms with van der Waals surface area (Å²) in [5.41, 5.74) is 5.09. The third-order valence-corrected chi connectivity index (χ3v) is 3.15. The Morgan fingerprint density at radius 3 is 2.39 bits per heavy atom. The molecule has 0 aliphatic carbocycles. The van der Waals surface area contributed by atoms with Gasteiger partial charge in [0.2, 0.25) is 5.91 Å². The lowest BCUT2D eigenvalue weighted by molar-refractivity contribution is -0.237. The van der Waals surface area contributed by atoms with Gasteiger partial charge in [0.05, 0.1) is 12.6 Å². The number of carbonyl (C=O) groups is 1. The molecule has 0 spiro atoms. The molecule has 0 aromatic rings. The minimum atomic E-state index is -1.50. The van der Waals surface area contributed by atoms with Crippen molar-refractivity contribution < 1.29 is 30.0 Å². The maximum atomic E-state index is 11.0. The third kappa shape index (κ3) is 3.32. The second-order valence-electron chi connectivity index (χ2n) is 4.05. The highest BCUT2D eigenvalue weighted by Gasteiger charge is 2.44. The Morgan fingerprint density at radius 2 is 1.94 bits per heavy atom. The zero-order chi connectivity index (χ0) is 13.9. The summed E-state index contributed by atoms with van der Waals surface area (Å²) in [5, 5.41) is 40.3. The number of thiol groups is 1. The molecule has 0 bridgehead atoms. The average Bonchev–Trinajstić information content (AvgIpc) is 2.35. The Bertz CT molecular complexity index is 292. The monoisotopic (exact) mass is 282 g/mol. The van der Waals surface area contributed by atoms with Gasteiger partial charge in [0.25, 0.3) is 0 Å². The lowest BCUT2D eigenvalue weighted by atomic mass is 9.98. The minimum Gasteiger partial charge on any atom is -0.394 e. The number of carbonyl (C=O) groups excluding carboxylic acids is 1. The highest BCUT2D eigenvalue weighted by atomic mass is 32.1. The van der Waals surface area contributed by atoms with Crippen molar-refractivity contribution in [2.24, 2.45) is 5.73 Å². The summed E-state index contributed by atoms with van der Waals surface area (Å²) in [6.45, 7) is -0.536. The number of ether oxygens (including phenoxy) is 1. The third-order valence-electron chi connectivity index (χ3n) is 2.78. The number of nitrogens with one attached hydrogen (secondary N) is 1. The number of aliphatic hydroxyl groups is 4. The van der Waals surface area contributed by atoms with Crippen LogP contribution in [-0.2, 0) is 9.53 Å². The predicted molar refractivity (Wildman–Crippen MR) is 63.7 cm³/mol. The molecular weight excluding hydrogens is 264 g/mol. The van der Waals surface area contributed by atoms with Crippen LogP contribution in [-0.4, -0.2) is 75.4 Å². The van der Waals surface area contributed by atoms with E-state index < -0.39 is 49.2 Å². The lowest BCUT2D eigenvalue weighted by Gasteiger charge is -2.41. The van der Waals surface area contributed by atoms with E-state index in [1.807, 2.05) is 0 Å². The van der Waals surface area contributed by atoms with Crippen LogP contribution in [0.15, 0.2) is 0 Å². The normalized spacial score (nSPS) is 38.4. The molecule has 1 heterocycles. The van der Waals surface area contributed by atoms with Crippen LogP contribution in [0, 0.1) is 0 Å². The first-order valence-corrected chi connectivity index (χ1v) is 6.02. The molecule has 7 N–H and O–H groups in total. The van der Waals surface area contributed by atoms with Crippen molar-refractivity contribution in [3.05, 3.63) is 0 Å². The summed E-state index contributed by atoms with van der Waals surface area (Å²) in [4.78, 5) is 11.0. The van der Waals surface area contributed by atoms with Crippen LogP contribution in [0.5, 0.6) is 0 Å². The van der Waals surface area contributed by atoms with Crippen molar-refractivity contribution in [3.63, 3.8) is 0 Å². The van der Waals surface area contributed by atoms with E-state index in [4.69, 9.17) is 15.6 Å². The summed E-state index contributed by atoms with van der Waals surface area (Å²) in [6.07, 6.45) is -6.56. The number of aliphatic hydroxyl groups excluding tert-OH is 4. The molecular formula is C9H18N2O6S. The summed E-state index contributed by atoms with van der Waals surface area (Å²) >= 11 is 3.91. The first kappa shape index (κ1) is 15.6. The van der Waals surface area contributed by atoms with E-state index >= 15 is 0 Å². The van der Waals surface area contributed by atoms with E-state index in [1.54, 1.807) is 0 Å². The number of rotatable bonds is 5. The van der Waals surface area contributed by atoms with Crippen LogP contribution in [0.4, 0.5) is 0 Å². The van der Waals surface area contributed by atoms with Crippen LogP contribution in [0.1, 0.15) is 0 Å². The molecule has 18 heavy (non-hydrogen) atoms. The van der Waals surface area contributed by atoms with Crippen LogP contribution >= 0.6 is 12.6 Å². The zero-order valence-electron chi connectivity index (χ0n) is 9.51. The lowest BCUT2D eigenvalue weighted by Crippen LogP contribution is -2.65. The van der Waals surface area contributed by atoms with E-state index in [2.05, 4.69) is 17.9 Å². The fraction of sp³-hybridized carbons (Fsp3) is 0.889. The molecule has 1 unspecified atom stereocenters. The molecule has 1 fully saturated rings. The molecule has 1 aliphatic heterocycles. The number of hydrogen-bond donors (Lipinski definition) is 7.